The quantitative estimate of drug-likeness (QED) is 0.783. The number of nitrogens with zero attached hydrogens (tertiary/aromatic N) is 2. The lowest BCUT2D eigenvalue weighted by Crippen LogP contribution is -2.40. The van der Waals surface area contributed by atoms with Crippen molar-refractivity contribution in [2.75, 3.05) is 26.2 Å². The molecule has 144 valence electrons. The van der Waals surface area contributed by atoms with E-state index in [0.717, 1.165) is 42.2 Å². The molecule has 2 heterocycles. The van der Waals surface area contributed by atoms with Crippen molar-refractivity contribution in [2.24, 2.45) is 5.92 Å². The van der Waals surface area contributed by atoms with Crippen LogP contribution in [-0.4, -0.2) is 43.9 Å². The second kappa shape index (κ2) is 9.28. The Labute approximate surface area is 166 Å². The van der Waals surface area contributed by atoms with Crippen molar-refractivity contribution < 1.29 is 8.42 Å². The number of rotatable bonds is 6. The van der Waals surface area contributed by atoms with Crippen molar-refractivity contribution in [1.29, 1.82) is 0 Å². The molecule has 0 saturated carbocycles. The molecule has 0 amide bonds. The lowest BCUT2D eigenvalue weighted by Gasteiger charge is -2.31. The first kappa shape index (κ1) is 21.3. The molecule has 2 aromatic rings. The number of benzene rings is 1. The number of nitrogens with one attached hydrogen (secondary N) is 1. The summed E-state index contributed by atoms with van der Waals surface area (Å²) in [6.45, 7) is 7.16. The maximum absolute atomic E-state index is 13.0. The molecule has 1 saturated heterocycles. The number of hydrogen-bond donors (Lipinski definition) is 1. The van der Waals surface area contributed by atoms with Crippen LogP contribution < -0.4 is 5.32 Å². The second-order valence-corrected chi connectivity index (χ2v) is 9.27. The standard InChI is InChI=1S/C18H25N3O2S2.ClH/c1-3-19-12-15-7-9-21(10-8-15)25(22,23)17-6-4-5-16(11-17)18-20-14(2)13-24-18;/h4-6,11,13,15,19H,3,7-10,12H2,1-2H3;1H. The van der Waals surface area contributed by atoms with Gasteiger partial charge in [0.25, 0.3) is 0 Å². The van der Waals surface area contributed by atoms with E-state index < -0.39 is 10.0 Å². The van der Waals surface area contributed by atoms with Crippen LogP contribution in [-0.2, 0) is 10.0 Å². The Kier molecular flexibility index (Phi) is 7.61. The first-order valence-electron chi connectivity index (χ1n) is 8.74. The second-order valence-electron chi connectivity index (χ2n) is 6.48. The molecule has 1 aliphatic rings. The molecule has 1 aromatic carbocycles. The molecule has 26 heavy (non-hydrogen) atoms. The van der Waals surface area contributed by atoms with Crippen molar-refractivity contribution >= 4 is 33.8 Å². The van der Waals surface area contributed by atoms with Gasteiger partial charge < -0.3 is 5.32 Å². The average molecular weight is 416 g/mol. The molecule has 3 rings (SSSR count). The highest BCUT2D eigenvalue weighted by Gasteiger charge is 2.29. The average Bonchev–Trinajstić information content (AvgIpc) is 3.07. The normalized spacial score (nSPS) is 16.4. The summed E-state index contributed by atoms with van der Waals surface area (Å²) in [6.07, 6.45) is 1.83. The van der Waals surface area contributed by atoms with Gasteiger partial charge in [-0.25, -0.2) is 13.4 Å². The molecule has 0 aliphatic carbocycles. The van der Waals surface area contributed by atoms with E-state index in [1.54, 1.807) is 22.5 Å². The Bertz CT molecular complexity index is 815. The fraction of sp³-hybridized carbons (Fsp3) is 0.500. The minimum absolute atomic E-state index is 0. The van der Waals surface area contributed by atoms with E-state index in [4.69, 9.17) is 0 Å². The lowest BCUT2D eigenvalue weighted by molar-refractivity contribution is 0.268. The van der Waals surface area contributed by atoms with Crippen LogP contribution in [0.1, 0.15) is 25.5 Å². The molecule has 1 fully saturated rings. The fourth-order valence-corrected chi connectivity index (χ4v) is 5.44. The molecular formula is C18H26ClN3O2S2. The van der Waals surface area contributed by atoms with Crippen LogP contribution in [0.15, 0.2) is 34.5 Å². The third-order valence-electron chi connectivity index (χ3n) is 4.59. The van der Waals surface area contributed by atoms with Crippen LogP contribution >= 0.6 is 23.7 Å². The SMILES string of the molecule is CCNCC1CCN(S(=O)(=O)c2cccc(-c3nc(C)cs3)c2)CC1.Cl. The molecule has 1 aliphatic heterocycles. The fourth-order valence-electron chi connectivity index (χ4n) is 3.13. The molecule has 0 bridgehead atoms. The zero-order chi connectivity index (χ0) is 17.9. The van der Waals surface area contributed by atoms with Gasteiger partial charge in [-0.3, -0.25) is 0 Å². The highest BCUT2D eigenvalue weighted by atomic mass is 35.5. The number of halogens is 1. The van der Waals surface area contributed by atoms with E-state index in [1.165, 1.54) is 11.3 Å². The zero-order valence-corrected chi connectivity index (χ0v) is 17.6. The van der Waals surface area contributed by atoms with Gasteiger partial charge in [0.1, 0.15) is 5.01 Å². The van der Waals surface area contributed by atoms with E-state index in [2.05, 4.69) is 17.2 Å². The van der Waals surface area contributed by atoms with Crippen LogP contribution in [0.3, 0.4) is 0 Å². The Balaban J connectivity index is 0.00000243. The number of piperidine rings is 1. The van der Waals surface area contributed by atoms with Gasteiger partial charge in [-0.15, -0.1) is 23.7 Å². The minimum Gasteiger partial charge on any atom is -0.317 e. The molecular weight excluding hydrogens is 390 g/mol. The Morgan fingerprint density at radius 3 is 2.65 bits per heavy atom. The van der Waals surface area contributed by atoms with E-state index in [-0.39, 0.29) is 12.4 Å². The molecule has 1 N–H and O–H groups in total. The van der Waals surface area contributed by atoms with Crippen molar-refractivity contribution in [3.63, 3.8) is 0 Å². The van der Waals surface area contributed by atoms with Gasteiger partial charge in [0.05, 0.1) is 4.90 Å². The largest absolute Gasteiger partial charge is 0.317 e. The van der Waals surface area contributed by atoms with E-state index >= 15 is 0 Å². The van der Waals surface area contributed by atoms with Crippen molar-refractivity contribution in [3.05, 3.63) is 35.3 Å². The van der Waals surface area contributed by atoms with Crippen molar-refractivity contribution in [3.8, 4) is 10.6 Å². The molecule has 1 aromatic heterocycles. The molecule has 0 unspecified atom stereocenters. The van der Waals surface area contributed by atoms with Gasteiger partial charge in [-0.1, -0.05) is 19.1 Å². The predicted octanol–water partition coefficient (Wildman–Crippen LogP) is 3.55. The molecule has 8 heteroatoms. The summed E-state index contributed by atoms with van der Waals surface area (Å²) in [7, 11) is -3.44. The summed E-state index contributed by atoms with van der Waals surface area (Å²) in [5.41, 5.74) is 1.82. The number of thiazole rings is 1. The van der Waals surface area contributed by atoms with Gasteiger partial charge in [0.15, 0.2) is 0 Å². The van der Waals surface area contributed by atoms with Gasteiger partial charge in [0.2, 0.25) is 10.0 Å². The van der Waals surface area contributed by atoms with Gasteiger partial charge in [-0.05, 0) is 50.9 Å². The summed E-state index contributed by atoms with van der Waals surface area (Å²) in [4.78, 5) is 4.82. The maximum Gasteiger partial charge on any atom is 0.243 e. The number of hydrogen-bond acceptors (Lipinski definition) is 5. The third kappa shape index (κ3) is 4.84. The van der Waals surface area contributed by atoms with E-state index in [0.29, 0.717) is 23.9 Å². The maximum atomic E-state index is 13.0. The number of aromatic nitrogens is 1. The van der Waals surface area contributed by atoms with Crippen LogP contribution in [0.25, 0.3) is 10.6 Å². The minimum atomic E-state index is -3.44. The lowest BCUT2D eigenvalue weighted by atomic mass is 9.98. The summed E-state index contributed by atoms with van der Waals surface area (Å²) in [5, 5.41) is 6.19. The smallest absolute Gasteiger partial charge is 0.243 e. The van der Waals surface area contributed by atoms with Gasteiger partial charge in [-0.2, -0.15) is 4.31 Å². The highest BCUT2D eigenvalue weighted by molar-refractivity contribution is 7.89. The molecule has 0 spiro atoms. The van der Waals surface area contributed by atoms with Crippen LogP contribution in [0, 0.1) is 12.8 Å². The molecule has 5 nitrogen and oxygen atoms in total. The Hall–Kier alpha value is -0.990. The van der Waals surface area contributed by atoms with Crippen molar-refractivity contribution in [1.82, 2.24) is 14.6 Å². The first-order valence-corrected chi connectivity index (χ1v) is 11.1. The number of sulfonamides is 1. The van der Waals surface area contributed by atoms with Crippen LogP contribution in [0.4, 0.5) is 0 Å². The van der Waals surface area contributed by atoms with E-state index in [1.807, 2.05) is 18.4 Å². The summed E-state index contributed by atoms with van der Waals surface area (Å²) in [5.74, 6) is 0.566. The highest BCUT2D eigenvalue weighted by Crippen LogP contribution is 2.28. The Morgan fingerprint density at radius 1 is 1.31 bits per heavy atom. The third-order valence-corrected chi connectivity index (χ3v) is 7.50. The van der Waals surface area contributed by atoms with Gasteiger partial charge >= 0.3 is 0 Å². The molecule has 0 atom stereocenters. The Morgan fingerprint density at radius 2 is 2.04 bits per heavy atom. The van der Waals surface area contributed by atoms with Crippen LogP contribution in [0.2, 0.25) is 0 Å². The van der Waals surface area contributed by atoms with Crippen molar-refractivity contribution in [2.45, 2.75) is 31.6 Å². The summed E-state index contributed by atoms with van der Waals surface area (Å²) < 4.78 is 27.6. The topological polar surface area (TPSA) is 62.3 Å². The summed E-state index contributed by atoms with van der Waals surface area (Å²) in [6, 6.07) is 7.15. The monoisotopic (exact) mass is 415 g/mol. The zero-order valence-electron chi connectivity index (χ0n) is 15.1. The molecule has 0 radical (unpaired) electrons. The number of aryl methyl sites for hydroxylation is 1. The summed E-state index contributed by atoms with van der Waals surface area (Å²) >= 11 is 1.54. The van der Waals surface area contributed by atoms with Crippen LogP contribution in [0.5, 0.6) is 0 Å². The predicted molar refractivity (Wildman–Crippen MR) is 110 cm³/mol. The van der Waals surface area contributed by atoms with Gasteiger partial charge in [0, 0.05) is 29.7 Å². The van der Waals surface area contributed by atoms with E-state index in [9.17, 15) is 8.42 Å². The first-order chi connectivity index (χ1) is 12.0.